The van der Waals surface area contributed by atoms with Crippen molar-refractivity contribution >= 4 is 21.6 Å². The summed E-state index contributed by atoms with van der Waals surface area (Å²) in [5.74, 6) is -0.223. The summed E-state index contributed by atoms with van der Waals surface area (Å²) in [6.07, 6.45) is 0. The molecule has 0 radical (unpaired) electrons. The zero-order valence-corrected chi connectivity index (χ0v) is 11.1. The Morgan fingerprint density at radius 1 is 1.18 bits per heavy atom. The normalized spacial score (nSPS) is 10.3. The van der Waals surface area contributed by atoms with Crippen molar-refractivity contribution < 1.29 is 4.39 Å². The van der Waals surface area contributed by atoms with Crippen molar-refractivity contribution in [1.82, 2.24) is 0 Å². The molecule has 0 aliphatic rings. The van der Waals surface area contributed by atoms with Crippen LogP contribution in [0.15, 0.2) is 46.9 Å². The van der Waals surface area contributed by atoms with Crippen LogP contribution in [0.5, 0.6) is 0 Å². The van der Waals surface area contributed by atoms with E-state index in [1.807, 2.05) is 31.2 Å². The highest BCUT2D eigenvalue weighted by molar-refractivity contribution is 9.10. The van der Waals surface area contributed by atoms with E-state index in [0.717, 1.165) is 10.0 Å². The maximum absolute atomic E-state index is 13.4. The average Bonchev–Trinajstić information content (AvgIpc) is 2.32. The summed E-state index contributed by atoms with van der Waals surface area (Å²) in [5, 5.41) is 3.08. The molecule has 0 aliphatic heterocycles. The number of aryl methyl sites for hydroxylation is 1. The van der Waals surface area contributed by atoms with E-state index in [2.05, 4.69) is 21.2 Å². The van der Waals surface area contributed by atoms with Crippen LogP contribution in [0.1, 0.15) is 11.1 Å². The molecule has 0 atom stereocenters. The van der Waals surface area contributed by atoms with E-state index in [0.29, 0.717) is 12.2 Å². The van der Waals surface area contributed by atoms with Gasteiger partial charge in [0.25, 0.3) is 0 Å². The van der Waals surface area contributed by atoms with Crippen molar-refractivity contribution in [3.05, 3.63) is 63.9 Å². The van der Waals surface area contributed by atoms with Gasteiger partial charge < -0.3 is 5.32 Å². The first kappa shape index (κ1) is 12.1. The van der Waals surface area contributed by atoms with Gasteiger partial charge in [0.2, 0.25) is 0 Å². The molecule has 0 saturated heterocycles. The highest BCUT2D eigenvalue weighted by Gasteiger charge is 2.01. The SMILES string of the molecule is Cc1ccc(CNc2ccccc2F)cc1Br. The second kappa shape index (κ2) is 5.32. The minimum Gasteiger partial charge on any atom is -0.379 e. The number of hydrogen-bond donors (Lipinski definition) is 1. The maximum atomic E-state index is 13.4. The largest absolute Gasteiger partial charge is 0.379 e. The molecule has 0 aromatic heterocycles. The minimum atomic E-state index is -0.223. The molecule has 1 N–H and O–H groups in total. The lowest BCUT2D eigenvalue weighted by molar-refractivity contribution is 0.630. The lowest BCUT2D eigenvalue weighted by Crippen LogP contribution is -2.01. The maximum Gasteiger partial charge on any atom is 0.146 e. The molecule has 0 unspecified atom stereocenters. The van der Waals surface area contributed by atoms with Gasteiger partial charge in [-0.1, -0.05) is 40.2 Å². The van der Waals surface area contributed by atoms with Crippen LogP contribution in [-0.2, 0) is 6.54 Å². The Kier molecular flexibility index (Phi) is 3.79. The van der Waals surface area contributed by atoms with Gasteiger partial charge in [-0.25, -0.2) is 4.39 Å². The van der Waals surface area contributed by atoms with Crippen LogP contribution < -0.4 is 5.32 Å². The Balaban J connectivity index is 2.08. The van der Waals surface area contributed by atoms with Crippen molar-refractivity contribution in [1.29, 1.82) is 0 Å². The predicted molar refractivity (Wildman–Crippen MR) is 72.6 cm³/mol. The van der Waals surface area contributed by atoms with E-state index in [1.165, 1.54) is 11.6 Å². The monoisotopic (exact) mass is 293 g/mol. The van der Waals surface area contributed by atoms with Crippen LogP contribution in [-0.4, -0.2) is 0 Å². The number of anilines is 1. The summed E-state index contributed by atoms with van der Waals surface area (Å²) >= 11 is 3.48. The van der Waals surface area contributed by atoms with Gasteiger partial charge in [-0.3, -0.25) is 0 Å². The molecule has 0 heterocycles. The van der Waals surface area contributed by atoms with Crippen molar-refractivity contribution in [2.75, 3.05) is 5.32 Å². The number of nitrogens with one attached hydrogen (secondary N) is 1. The van der Waals surface area contributed by atoms with Gasteiger partial charge in [0, 0.05) is 11.0 Å². The lowest BCUT2D eigenvalue weighted by atomic mass is 10.1. The molecule has 2 rings (SSSR count). The summed E-state index contributed by atoms with van der Waals surface area (Å²) < 4.78 is 14.4. The van der Waals surface area contributed by atoms with Gasteiger partial charge >= 0.3 is 0 Å². The highest BCUT2D eigenvalue weighted by atomic mass is 79.9. The van der Waals surface area contributed by atoms with Crippen LogP contribution in [0, 0.1) is 12.7 Å². The fourth-order valence-corrected chi connectivity index (χ4v) is 1.97. The summed E-state index contributed by atoms with van der Waals surface area (Å²) in [6.45, 7) is 2.65. The van der Waals surface area contributed by atoms with Crippen LogP contribution in [0.4, 0.5) is 10.1 Å². The fraction of sp³-hybridized carbons (Fsp3) is 0.143. The van der Waals surface area contributed by atoms with Crippen LogP contribution in [0.3, 0.4) is 0 Å². The fourth-order valence-electron chi connectivity index (χ4n) is 1.55. The van der Waals surface area contributed by atoms with Crippen molar-refractivity contribution in [3.63, 3.8) is 0 Å². The first-order valence-corrected chi connectivity index (χ1v) is 6.19. The third-order valence-corrected chi connectivity index (χ3v) is 3.45. The second-order valence-corrected chi connectivity index (χ2v) is 4.77. The molecule has 1 nitrogen and oxygen atoms in total. The molecular weight excluding hydrogens is 281 g/mol. The lowest BCUT2D eigenvalue weighted by Gasteiger charge is -2.08. The molecule has 3 heteroatoms. The number of halogens is 2. The molecule has 88 valence electrons. The Morgan fingerprint density at radius 3 is 2.65 bits per heavy atom. The van der Waals surface area contributed by atoms with Crippen molar-refractivity contribution in [2.45, 2.75) is 13.5 Å². The second-order valence-electron chi connectivity index (χ2n) is 3.92. The van der Waals surface area contributed by atoms with Gasteiger partial charge in [0.15, 0.2) is 0 Å². The Morgan fingerprint density at radius 2 is 1.94 bits per heavy atom. The van der Waals surface area contributed by atoms with Gasteiger partial charge in [-0.15, -0.1) is 0 Å². The van der Waals surface area contributed by atoms with Gasteiger partial charge in [-0.05, 0) is 36.2 Å². The topological polar surface area (TPSA) is 12.0 Å². The van der Waals surface area contributed by atoms with Gasteiger partial charge in [-0.2, -0.15) is 0 Å². The smallest absolute Gasteiger partial charge is 0.146 e. The third kappa shape index (κ3) is 3.07. The number of rotatable bonds is 3. The quantitative estimate of drug-likeness (QED) is 0.878. The molecule has 0 aliphatic carbocycles. The number of hydrogen-bond acceptors (Lipinski definition) is 1. The molecular formula is C14H13BrFN. The van der Waals surface area contributed by atoms with Gasteiger partial charge in [0.05, 0.1) is 5.69 Å². The summed E-state index contributed by atoms with van der Waals surface area (Å²) in [5.41, 5.74) is 2.84. The third-order valence-electron chi connectivity index (χ3n) is 2.59. The minimum absolute atomic E-state index is 0.223. The van der Waals surface area contributed by atoms with Crippen LogP contribution in [0.2, 0.25) is 0 Å². The van der Waals surface area contributed by atoms with E-state index in [-0.39, 0.29) is 5.82 Å². The summed E-state index contributed by atoms with van der Waals surface area (Å²) in [6, 6.07) is 12.8. The first-order valence-electron chi connectivity index (χ1n) is 5.40. The molecule has 17 heavy (non-hydrogen) atoms. The Bertz CT molecular complexity index is 525. The van der Waals surface area contributed by atoms with Crippen molar-refractivity contribution in [2.24, 2.45) is 0 Å². The molecule has 2 aromatic carbocycles. The summed E-state index contributed by atoms with van der Waals surface area (Å²) in [7, 11) is 0. The molecule has 0 bridgehead atoms. The van der Waals surface area contributed by atoms with Gasteiger partial charge in [0.1, 0.15) is 5.82 Å². The summed E-state index contributed by atoms with van der Waals surface area (Å²) in [4.78, 5) is 0. The zero-order chi connectivity index (χ0) is 12.3. The van der Waals surface area contributed by atoms with E-state index in [4.69, 9.17) is 0 Å². The average molecular weight is 294 g/mol. The highest BCUT2D eigenvalue weighted by Crippen LogP contribution is 2.19. The van der Waals surface area contributed by atoms with Crippen molar-refractivity contribution in [3.8, 4) is 0 Å². The molecule has 0 amide bonds. The zero-order valence-electron chi connectivity index (χ0n) is 9.50. The molecule has 0 fully saturated rings. The van der Waals surface area contributed by atoms with E-state index in [1.54, 1.807) is 12.1 Å². The Labute approximate surface area is 109 Å². The first-order chi connectivity index (χ1) is 8.16. The number of para-hydroxylation sites is 1. The van der Waals surface area contributed by atoms with Crippen LogP contribution >= 0.6 is 15.9 Å². The molecule has 0 saturated carbocycles. The Hall–Kier alpha value is -1.35. The van der Waals surface area contributed by atoms with E-state index in [9.17, 15) is 4.39 Å². The molecule has 0 spiro atoms. The van der Waals surface area contributed by atoms with Crippen LogP contribution in [0.25, 0.3) is 0 Å². The standard InChI is InChI=1S/C14H13BrFN/c1-10-6-7-11(8-12(10)15)9-17-14-5-3-2-4-13(14)16/h2-8,17H,9H2,1H3. The molecule has 2 aromatic rings. The number of benzene rings is 2. The van der Waals surface area contributed by atoms with E-state index >= 15 is 0 Å². The van der Waals surface area contributed by atoms with E-state index < -0.39 is 0 Å². The predicted octanol–water partition coefficient (Wildman–Crippen LogP) is 4.51.